The Morgan fingerprint density at radius 2 is 1.54 bits per heavy atom. The molecule has 3 rings (SSSR count). The lowest BCUT2D eigenvalue weighted by Crippen LogP contribution is -2.45. The van der Waals surface area contributed by atoms with Crippen molar-refractivity contribution >= 4 is 5.69 Å². The van der Waals surface area contributed by atoms with E-state index in [1.54, 1.807) is 24.3 Å². The minimum Gasteiger partial charge on any atom is -0.508 e. The Morgan fingerprint density at radius 3 is 2.12 bits per heavy atom. The predicted molar refractivity (Wildman–Crippen MR) is 88.7 cm³/mol. The molecule has 2 aromatic carbocycles. The molecule has 2 aromatic rings. The van der Waals surface area contributed by atoms with Gasteiger partial charge in [-0.05, 0) is 42.0 Å². The molecule has 1 fully saturated rings. The predicted octanol–water partition coefficient (Wildman–Crippen LogP) is 3.32. The van der Waals surface area contributed by atoms with E-state index in [2.05, 4.69) is 14.5 Å². The molecule has 0 bridgehead atoms. The summed E-state index contributed by atoms with van der Waals surface area (Å²) < 4.78 is 28.6. The number of anilines is 1. The Hall–Kier alpha value is -2.34. The van der Waals surface area contributed by atoms with Crippen LogP contribution in [0.2, 0.25) is 0 Å². The lowest BCUT2D eigenvalue weighted by molar-refractivity contribution is -0.0498. The zero-order valence-electron chi connectivity index (χ0n) is 13.2. The van der Waals surface area contributed by atoms with Crippen LogP contribution in [0.15, 0.2) is 48.5 Å². The number of aromatic hydroxyl groups is 1. The van der Waals surface area contributed by atoms with Crippen molar-refractivity contribution < 1.29 is 18.6 Å². The number of halogens is 2. The number of alkyl halides is 2. The molecule has 128 valence electrons. The average molecular weight is 334 g/mol. The molecule has 6 heteroatoms. The van der Waals surface area contributed by atoms with Crippen molar-refractivity contribution in [3.63, 3.8) is 0 Å². The summed E-state index contributed by atoms with van der Waals surface area (Å²) in [6.45, 7) is 1.68. The van der Waals surface area contributed by atoms with E-state index in [4.69, 9.17) is 0 Å². The maximum Gasteiger partial charge on any atom is 0.387 e. The van der Waals surface area contributed by atoms with Gasteiger partial charge in [-0.2, -0.15) is 8.78 Å². The minimum absolute atomic E-state index is 0.186. The van der Waals surface area contributed by atoms with Crippen molar-refractivity contribution in [3.8, 4) is 11.5 Å². The van der Waals surface area contributed by atoms with Gasteiger partial charge >= 0.3 is 6.61 Å². The summed E-state index contributed by atoms with van der Waals surface area (Å²) in [4.78, 5) is 4.62. The lowest BCUT2D eigenvalue weighted by atomic mass is 10.2. The molecule has 0 spiro atoms. The van der Waals surface area contributed by atoms with Crippen LogP contribution in [0.4, 0.5) is 14.5 Å². The topological polar surface area (TPSA) is 35.9 Å². The Labute approximate surface area is 139 Å². The van der Waals surface area contributed by atoms with Gasteiger partial charge in [-0.1, -0.05) is 12.1 Å². The molecule has 4 nitrogen and oxygen atoms in total. The molecule has 1 N–H and O–H groups in total. The Morgan fingerprint density at radius 1 is 0.917 bits per heavy atom. The highest BCUT2D eigenvalue weighted by Gasteiger charge is 2.17. The number of nitrogens with zero attached hydrogens (tertiary/aromatic N) is 2. The van der Waals surface area contributed by atoms with Gasteiger partial charge in [0, 0.05) is 38.4 Å². The van der Waals surface area contributed by atoms with Gasteiger partial charge in [0.05, 0.1) is 0 Å². The van der Waals surface area contributed by atoms with Crippen molar-refractivity contribution in [2.24, 2.45) is 0 Å². The van der Waals surface area contributed by atoms with Crippen molar-refractivity contribution in [1.29, 1.82) is 0 Å². The fourth-order valence-corrected chi connectivity index (χ4v) is 2.86. The normalized spacial score (nSPS) is 15.7. The van der Waals surface area contributed by atoms with E-state index in [0.29, 0.717) is 0 Å². The molecule has 1 heterocycles. The molecule has 0 saturated carbocycles. The summed E-state index contributed by atoms with van der Waals surface area (Å²) in [5.41, 5.74) is 2.19. The van der Waals surface area contributed by atoms with E-state index >= 15 is 0 Å². The standard InChI is InChI=1S/C18H20F2N2O2/c19-18(20)24-17-7-1-14(2-8-17)13-21-9-11-22(12-10-21)15-3-5-16(23)6-4-15/h1-8,18,23H,9-13H2. The van der Waals surface area contributed by atoms with Gasteiger partial charge in [-0.25, -0.2) is 0 Å². The number of piperazine rings is 1. The van der Waals surface area contributed by atoms with Gasteiger partial charge in [0.15, 0.2) is 0 Å². The Kier molecular flexibility index (Phi) is 5.15. The van der Waals surface area contributed by atoms with Crippen LogP contribution < -0.4 is 9.64 Å². The lowest BCUT2D eigenvalue weighted by Gasteiger charge is -2.36. The third-order valence-corrected chi connectivity index (χ3v) is 4.14. The molecular weight excluding hydrogens is 314 g/mol. The van der Waals surface area contributed by atoms with Gasteiger partial charge in [-0.3, -0.25) is 4.90 Å². The largest absolute Gasteiger partial charge is 0.508 e. The van der Waals surface area contributed by atoms with Crippen molar-refractivity contribution in [3.05, 3.63) is 54.1 Å². The van der Waals surface area contributed by atoms with Gasteiger partial charge in [-0.15, -0.1) is 0 Å². The number of rotatable bonds is 5. The van der Waals surface area contributed by atoms with Crippen LogP contribution in [0.3, 0.4) is 0 Å². The van der Waals surface area contributed by atoms with Crippen LogP contribution in [0.5, 0.6) is 11.5 Å². The maximum atomic E-state index is 12.1. The number of phenolic OH excluding ortho intramolecular Hbond substituents is 1. The van der Waals surface area contributed by atoms with Gasteiger partial charge < -0.3 is 14.7 Å². The van der Waals surface area contributed by atoms with E-state index in [9.17, 15) is 13.9 Å². The summed E-state index contributed by atoms with van der Waals surface area (Å²) in [5, 5.41) is 9.35. The van der Waals surface area contributed by atoms with Crippen molar-refractivity contribution in [2.75, 3.05) is 31.1 Å². The molecule has 0 aromatic heterocycles. The zero-order valence-corrected chi connectivity index (χ0v) is 13.2. The van der Waals surface area contributed by atoms with Gasteiger partial charge in [0.1, 0.15) is 11.5 Å². The molecule has 0 amide bonds. The second kappa shape index (κ2) is 7.49. The number of hydrogen-bond donors (Lipinski definition) is 1. The summed E-state index contributed by atoms with van der Waals surface area (Å²) in [7, 11) is 0. The maximum absolute atomic E-state index is 12.1. The van der Waals surface area contributed by atoms with E-state index in [1.165, 1.54) is 0 Å². The third-order valence-electron chi connectivity index (χ3n) is 4.14. The first-order valence-electron chi connectivity index (χ1n) is 7.90. The molecule has 0 unspecified atom stereocenters. The fraction of sp³-hybridized carbons (Fsp3) is 0.333. The van der Waals surface area contributed by atoms with Crippen LogP contribution in [-0.4, -0.2) is 42.8 Å². The Bertz CT molecular complexity index is 639. The number of benzene rings is 2. The molecule has 1 saturated heterocycles. The summed E-state index contributed by atoms with van der Waals surface area (Å²) in [6.07, 6.45) is 0. The highest BCUT2D eigenvalue weighted by Crippen LogP contribution is 2.21. The SMILES string of the molecule is Oc1ccc(N2CCN(Cc3ccc(OC(F)F)cc3)CC2)cc1. The fourth-order valence-electron chi connectivity index (χ4n) is 2.86. The smallest absolute Gasteiger partial charge is 0.387 e. The summed E-state index contributed by atoms with van der Waals surface area (Å²) >= 11 is 0. The molecule has 24 heavy (non-hydrogen) atoms. The highest BCUT2D eigenvalue weighted by atomic mass is 19.3. The molecule has 0 radical (unpaired) electrons. The van der Waals surface area contributed by atoms with E-state index < -0.39 is 6.61 Å². The van der Waals surface area contributed by atoms with Crippen LogP contribution in [0.25, 0.3) is 0 Å². The summed E-state index contributed by atoms with van der Waals surface area (Å²) in [5.74, 6) is 0.461. The molecule has 1 aliphatic heterocycles. The monoisotopic (exact) mass is 334 g/mol. The number of phenols is 1. The zero-order chi connectivity index (χ0) is 16.9. The second-order valence-corrected chi connectivity index (χ2v) is 5.80. The van der Waals surface area contributed by atoms with Crippen LogP contribution >= 0.6 is 0 Å². The first-order chi connectivity index (χ1) is 11.6. The molecule has 0 aliphatic carbocycles. The second-order valence-electron chi connectivity index (χ2n) is 5.80. The van der Waals surface area contributed by atoms with E-state index in [-0.39, 0.29) is 11.5 Å². The van der Waals surface area contributed by atoms with Crippen LogP contribution in [0, 0.1) is 0 Å². The highest BCUT2D eigenvalue weighted by molar-refractivity contribution is 5.49. The van der Waals surface area contributed by atoms with E-state index in [0.717, 1.165) is 44.0 Å². The number of ether oxygens (including phenoxy) is 1. The molecular formula is C18H20F2N2O2. The van der Waals surface area contributed by atoms with Gasteiger partial charge in [0.25, 0.3) is 0 Å². The van der Waals surface area contributed by atoms with Crippen molar-refractivity contribution in [2.45, 2.75) is 13.2 Å². The summed E-state index contributed by atoms with van der Waals surface area (Å²) in [6, 6.07) is 14.0. The van der Waals surface area contributed by atoms with Crippen LogP contribution in [-0.2, 0) is 6.54 Å². The van der Waals surface area contributed by atoms with Crippen molar-refractivity contribution in [1.82, 2.24) is 4.90 Å². The molecule has 0 atom stereocenters. The van der Waals surface area contributed by atoms with Crippen LogP contribution in [0.1, 0.15) is 5.56 Å². The third kappa shape index (κ3) is 4.35. The van der Waals surface area contributed by atoms with Gasteiger partial charge in [0.2, 0.25) is 0 Å². The first-order valence-corrected chi connectivity index (χ1v) is 7.90. The molecule has 1 aliphatic rings. The number of hydrogen-bond acceptors (Lipinski definition) is 4. The van der Waals surface area contributed by atoms with E-state index in [1.807, 2.05) is 24.3 Å². The average Bonchev–Trinajstić information content (AvgIpc) is 2.58. The Balaban J connectivity index is 1.51. The first kappa shape index (κ1) is 16.5. The minimum atomic E-state index is -2.79. The quantitative estimate of drug-likeness (QED) is 0.910.